The number of hydrogen-bond donors (Lipinski definition) is 1. The van der Waals surface area contributed by atoms with E-state index in [9.17, 15) is 13.2 Å². The highest BCUT2D eigenvalue weighted by atomic mass is 35.7. The van der Waals surface area contributed by atoms with Gasteiger partial charge in [0.1, 0.15) is 0 Å². The van der Waals surface area contributed by atoms with E-state index in [-0.39, 0.29) is 23.3 Å². The van der Waals surface area contributed by atoms with Gasteiger partial charge in [-0.15, -0.1) is 0 Å². The van der Waals surface area contributed by atoms with Gasteiger partial charge in [-0.25, -0.2) is 13.2 Å². The molecule has 0 aromatic heterocycles. The van der Waals surface area contributed by atoms with Gasteiger partial charge in [-0.1, -0.05) is 6.42 Å². The van der Waals surface area contributed by atoms with Crippen LogP contribution < -0.4 is 0 Å². The molecule has 4 nitrogen and oxygen atoms in total. The summed E-state index contributed by atoms with van der Waals surface area (Å²) in [5.41, 5.74) is -0.0440. The molecule has 0 spiro atoms. The summed E-state index contributed by atoms with van der Waals surface area (Å²) < 4.78 is 22.2. The van der Waals surface area contributed by atoms with Gasteiger partial charge >= 0.3 is 5.97 Å². The second-order valence-electron chi connectivity index (χ2n) is 3.21. The topological polar surface area (TPSA) is 71.4 Å². The van der Waals surface area contributed by atoms with Crippen molar-refractivity contribution in [1.82, 2.24) is 0 Å². The molecule has 1 aliphatic carbocycles. The molecule has 0 atom stereocenters. The minimum absolute atomic E-state index is 0.0440. The Bertz CT molecular complexity index is 369. The summed E-state index contributed by atoms with van der Waals surface area (Å²) >= 11 is 0. The third-order valence-electron chi connectivity index (χ3n) is 2.22. The highest BCUT2D eigenvalue weighted by Crippen LogP contribution is 2.29. The number of aliphatic carboxylic acids is 1. The number of halogens is 1. The molecule has 0 amide bonds. The van der Waals surface area contributed by atoms with Crippen molar-refractivity contribution >= 4 is 25.7 Å². The maximum absolute atomic E-state index is 11.1. The van der Waals surface area contributed by atoms with Crippen LogP contribution in [0.3, 0.4) is 0 Å². The van der Waals surface area contributed by atoms with Gasteiger partial charge in [0.05, 0.1) is 10.5 Å². The zero-order chi connectivity index (χ0) is 10.8. The zero-order valence-electron chi connectivity index (χ0n) is 7.49. The van der Waals surface area contributed by atoms with E-state index in [1.807, 2.05) is 0 Å². The van der Waals surface area contributed by atoms with Gasteiger partial charge in [0.25, 0.3) is 9.05 Å². The van der Waals surface area contributed by atoms with Crippen molar-refractivity contribution in [3.8, 4) is 0 Å². The van der Waals surface area contributed by atoms with Crippen LogP contribution in [0.1, 0.15) is 32.1 Å². The predicted molar refractivity (Wildman–Crippen MR) is 52.5 cm³/mol. The van der Waals surface area contributed by atoms with Crippen LogP contribution in [0.25, 0.3) is 0 Å². The zero-order valence-corrected chi connectivity index (χ0v) is 9.07. The second kappa shape index (κ2) is 4.31. The van der Waals surface area contributed by atoms with E-state index in [0.717, 1.165) is 6.42 Å². The predicted octanol–water partition coefficient (Wildman–Crippen LogP) is 1.86. The number of allylic oxidation sites excluding steroid dienone is 1. The Morgan fingerprint density at radius 3 is 2.29 bits per heavy atom. The normalized spacial score (nSPS) is 19.2. The summed E-state index contributed by atoms with van der Waals surface area (Å²) in [7, 11) is 1.30. The van der Waals surface area contributed by atoms with E-state index >= 15 is 0 Å². The lowest BCUT2D eigenvalue weighted by Crippen LogP contribution is -2.07. The number of carboxylic acids is 1. The van der Waals surface area contributed by atoms with Gasteiger partial charge in [0, 0.05) is 10.7 Å². The van der Waals surface area contributed by atoms with Gasteiger partial charge < -0.3 is 5.11 Å². The Balaban J connectivity index is 3.19. The Morgan fingerprint density at radius 2 is 1.79 bits per heavy atom. The molecular weight excluding hydrogens is 228 g/mol. The average molecular weight is 239 g/mol. The van der Waals surface area contributed by atoms with Gasteiger partial charge in [-0.05, 0) is 25.7 Å². The molecule has 1 aliphatic rings. The summed E-state index contributed by atoms with van der Waals surface area (Å²) in [6.07, 6.45) is 2.76. The van der Waals surface area contributed by atoms with Crippen LogP contribution in [0.2, 0.25) is 0 Å². The summed E-state index contributed by atoms with van der Waals surface area (Å²) in [6, 6.07) is 0. The van der Waals surface area contributed by atoms with Crippen molar-refractivity contribution in [3.63, 3.8) is 0 Å². The van der Waals surface area contributed by atoms with Gasteiger partial charge in [0.2, 0.25) is 0 Å². The fourth-order valence-corrected chi connectivity index (χ4v) is 2.93. The third kappa shape index (κ3) is 2.72. The number of rotatable bonds is 2. The van der Waals surface area contributed by atoms with Crippen LogP contribution in [0.15, 0.2) is 10.5 Å². The molecule has 0 aliphatic heterocycles. The summed E-state index contributed by atoms with van der Waals surface area (Å²) in [4.78, 5) is 10.7. The summed E-state index contributed by atoms with van der Waals surface area (Å²) in [6.45, 7) is 0. The van der Waals surface area contributed by atoms with Gasteiger partial charge in [0.15, 0.2) is 0 Å². The molecule has 0 heterocycles. The first-order chi connectivity index (χ1) is 6.43. The van der Waals surface area contributed by atoms with Crippen molar-refractivity contribution < 1.29 is 18.3 Å². The molecule has 0 radical (unpaired) electrons. The Labute approximate surface area is 87.0 Å². The van der Waals surface area contributed by atoms with Crippen molar-refractivity contribution in [2.24, 2.45) is 0 Å². The van der Waals surface area contributed by atoms with E-state index in [0.29, 0.717) is 12.8 Å². The largest absolute Gasteiger partial charge is 0.478 e. The fraction of sp³-hybridized carbons (Fsp3) is 0.625. The minimum atomic E-state index is -3.87. The number of carbonyl (C=O) groups is 1. The van der Waals surface area contributed by atoms with Crippen LogP contribution in [0.4, 0.5) is 0 Å². The molecule has 80 valence electrons. The SMILES string of the molecule is O=C(O)C1=C(S(=O)(=O)Cl)CCCCC1. The number of hydrogen-bond acceptors (Lipinski definition) is 3. The van der Waals surface area contributed by atoms with E-state index in [1.165, 1.54) is 0 Å². The molecular formula is C8H11ClO4S. The average Bonchev–Trinajstić information content (AvgIpc) is 2.26. The molecule has 6 heteroatoms. The monoisotopic (exact) mass is 238 g/mol. The fourth-order valence-electron chi connectivity index (χ4n) is 1.55. The first-order valence-electron chi connectivity index (χ1n) is 4.33. The molecule has 1 rings (SSSR count). The smallest absolute Gasteiger partial charge is 0.332 e. The summed E-state index contributed by atoms with van der Waals surface area (Å²) in [5, 5.41) is 8.82. The van der Waals surface area contributed by atoms with Gasteiger partial charge in [-0.3, -0.25) is 0 Å². The van der Waals surface area contributed by atoms with Crippen molar-refractivity contribution in [2.45, 2.75) is 32.1 Å². The summed E-state index contributed by atoms with van der Waals surface area (Å²) in [5.74, 6) is -1.17. The minimum Gasteiger partial charge on any atom is -0.478 e. The van der Waals surface area contributed by atoms with Crippen LogP contribution in [0, 0.1) is 0 Å². The Morgan fingerprint density at radius 1 is 1.21 bits per heavy atom. The lowest BCUT2D eigenvalue weighted by atomic mass is 10.1. The van der Waals surface area contributed by atoms with E-state index in [1.54, 1.807) is 0 Å². The molecule has 0 aromatic rings. The second-order valence-corrected chi connectivity index (χ2v) is 5.79. The van der Waals surface area contributed by atoms with Crippen molar-refractivity contribution in [2.75, 3.05) is 0 Å². The molecule has 0 fully saturated rings. The maximum atomic E-state index is 11.1. The first-order valence-corrected chi connectivity index (χ1v) is 6.64. The molecule has 0 aromatic carbocycles. The van der Waals surface area contributed by atoms with E-state index < -0.39 is 15.0 Å². The highest BCUT2D eigenvalue weighted by Gasteiger charge is 2.25. The first kappa shape index (κ1) is 11.5. The van der Waals surface area contributed by atoms with Crippen molar-refractivity contribution in [3.05, 3.63) is 10.5 Å². The third-order valence-corrected chi connectivity index (χ3v) is 3.82. The highest BCUT2D eigenvalue weighted by molar-refractivity contribution is 8.16. The molecule has 1 N–H and O–H groups in total. The molecule has 0 unspecified atom stereocenters. The van der Waals surface area contributed by atoms with Crippen LogP contribution in [-0.2, 0) is 13.8 Å². The van der Waals surface area contributed by atoms with E-state index in [2.05, 4.69) is 0 Å². The molecule has 0 bridgehead atoms. The Hall–Kier alpha value is -0.550. The molecule has 14 heavy (non-hydrogen) atoms. The standard InChI is InChI=1S/C8H11ClO4S/c9-14(12,13)7-5-3-1-2-4-6(7)8(10)11/h1-5H2,(H,10,11). The van der Waals surface area contributed by atoms with Crippen LogP contribution >= 0.6 is 10.7 Å². The molecule has 0 saturated carbocycles. The van der Waals surface area contributed by atoms with E-state index in [4.69, 9.17) is 15.8 Å². The lowest BCUT2D eigenvalue weighted by Gasteiger charge is -2.04. The van der Waals surface area contributed by atoms with Crippen LogP contribution in [-0.4, -0.2) is 19.5 Å². The lowest BCUT2D eigenvalue weighted by molar-refractivity contribution is -0.132. The number of carboxylic acid groups (broad SMARTS) is 1. The Kier molecular flexibility index (Phi) is 3.55. The quantitative estimate of drug-likeness (QED) is 0.746. The van der Waals surface area contributed by atoms with Crippen molar-refractivity contribution in [1.29, 1.82) is 0 Å². The maximum Gasteiger partial charge on any atom is 0.332 e. The van der Waals surface area contributed by atoms with Gasteiger partial charge in [-0.2, -0.15) is 0 Å². The molecule has 0 saturated heterocycles. The van der Waals surface area contributed by atoms with Crippen LogP contribution in [0.5, 0.6) is 0 Å².